The lowest BCUT2D eigenvalue weighted by atomic mass is 10.1. The second-order valence-electron chi connectivity index (χ2n) is 8.10. The SMILES string of the molecule is CCc1ncnc(N(CCc2ccc(Oc3ccc(C(F)(F)F)cn3)cc2)Cc2ccc(Cl)nc2)c1Cl. The molecule has 0 fully saturated rings. The summed E-state index contributed by atoms with van der Waals surface area (Å²) in [6.45, 7) is 3.10. The highest BCUT2D eigenvalue weighted by molar-refractivity contribution is 6.33. The molecule has 3 heterocycles. The van der Waals surface area contributed by atoms with Crippen LogP contribution in [0, 0.1) is 0 Å². The molecule has 0 N–H and O–H groups in total. The summed E-state index contributed by atoms with van der Waals surface area (Å²) in [4.78, 5) is 18.7. The first-order valence-electron chi connectivity index (χ1n) is 11.4. The molecule has 0 atom stereocenters. The van der Waals surface area contributed by atoms with Gasteiger partial charge in [-0.05, 0) is 48.2 Å². The van der Waals surface area contributed by atoms with E-state index in [4.69, 9.17) is 27.9 Å². The molecule has 11 heteroatoms. The van der Waals surface area contributed by atoms with Gasteiger partial charge in [0, 0.05) is 31.5 Å². The molecule has 37 heavy (non-hydrogen) atoms. The summed E-state index contributed by atoms with van der Waals surface area (Å²) in [5.41, 5.74) is 1.91. The molecular weight excluding hydrogens is 526 g/mol. The lowest BCUT2D eigenvalue weighted by Crippen LogP contribution is -2.27. The van der Waals surface area contributed by atoms with E-state index in [-0.39, 0.29) is 5.88 Å². The minimum Gasteiger partial charge on any atom is -0.439 e. The molecule has 4 aromatic rings. The van der Waals surface area contributed by atoms with E-state index in [2.05, 4.69) is 24.8 Å². The molecule has 1 aromatic carbocycles. The molecule has 0 radical (unpaired) electrons. The predicted molar refractivity (Wildman–Crippen MR) is 136 cm³/mol. The summed E-state index contributed by atoms with van der Waals surface area (Å²) >= 11 is 12.6. The van der Waals surface area contributed by atoms with Crippen molar-refractivity contribution in [3.8, 4) is 11.6 Å². The lowest BCUT2D eigenvalue weighted by molar-refractivity contribution is -0.137. The van der Waals surface area contributed by atoms with Gasteiger partial charge in [-0.25, -0.2) is 19.9 Å². The van der Waals surface area contributed by atoms with E-state index in [1.54, 1.807) is 24.4 Å². The fraction of sp³-hybridized carbons (Fsp3) is 0.231. The van der Waals surface area contributed by atoms with E-state index in [0.717, 1.165) is 29.1 Å². The monoisotopic (exact) mass is 547 g/mol. The van der Waals surface area contributed by atoms with Gasteiger partial charge in [-0.1, -0.05) is 48.3 Å². The van der Waals surface area contributed by atoms with Gasteiger partial charge in [-0.3, -0.25) is 0 Å². The quantitative estimate of drug-likeness (QED) is 0.206. The van der Waals surface area contributed by atoms with E-state index in [9.17, 15) is 13.2 Å². The first-order valence-corrected chi connectivity index (χ1v) is 12.1. The highest BCUT2D eigenvalue weighted by atomic mass is 35.5. The number of anilines is 1. The van der Waals surface area contributed by atoms with E-state index < -0.39 is 11.7 Å². The fourth-order valence-corrected chi connectivity index (χ4v) is 4.02. The van der Waals surface area contributed by atoms with Crippen LogP contribution >= 0.6 is 23.2 Å². The van der Waals surface area contributed by atoms with Crippen LogP contribution in [0.25, 0.3) is 0 Å². The van der Waals surface area contributed by atoms with Crippen molar-refractivity contribution in [2.45, 2.75) is 32.5 Å². The number of nitrogens with zero attached hydrogens (tertiary/aromatic N) is 5. The number of aryl methyl sites for hydroxylation is 1. The number of aromatic nitrogens is 4. The van der Waals surface area contributed by atoms with Gasteiger partial charge < -0.3 is 9.64 Å². The maximum absolute atomic E-state index is 12.7. The molecule has 0 saturated carbocycles. The Morgan fingerprint density at radius 2 is 1.62 bits per heavy atom. The summed E-state index contributed by atoms with van der Waals surface area (Å²) in [7, 11) is 0. The van der Waals surface area contributed by atoms with Crippen LogP contribution in [0.5, 0.6) is 11.6 Å². The van der Waals surface area contributed by atoms with Crippen molar-refractivity contribution >= 4 is 29.0 Å². The maximum atomic E-state index is 12.7. The number of pyridine rings is 2. The van der Waals surface area contributed by atoms with Crippen LogP contribution in [-0.2, 0) is 25.6 Å². The molecule has 0 aliphatic rings. The van der Waals surface area contributed by atoms with Crippen LogP contribution < -0.4 is 9.64 Å². The summed E-state index contributed by atoms with van der Waals surface area (Å²) in [6.07, 6.45) is 0.874. The second kappa shape index (κ2) is 11.7. The average molecular weight is 548 g/mol. The van der Waals surface area contributed by atoms with Crippen LogP contribution in [0.1, 0.15) is 29.3 Å². The molecule has 192 valence electrons. The molecule has 0 saturated heterocycles. The zero-order chi connectivity index (χ0) is 26.4. The Balaban J connectivity index is 1.46. The maximum Gasteiger partial charge on any atom is 0.417 e. The van der Waals surface area contributed by atoms with Gasteiger partial charge in [0.05, 0.1) is 11.3 Å². The second-order valence-corrected chi connectivity index (χ2v) is 8.87. The van der Waals surface area contributed by atoms with Crippen LogP contribution in [0.15, 0.2) is 67.3 Å². The van der Waals surface area contributed by atoms with Gasteiger partial charge in [-0.15, -0.1) is 0 Å². The van der Waals surface area contributed by atoms with E-state index in [1.165, 1.54) is 12.4 Å². The third kappa shape index (κ3) is 7.08. The summed E-state index contributed by atoms with van der Waals surface area (Å²) in [5.74, 6) is 1.18. The van der Waals surface area contributed by atoms with Crippen molar-refractivity contribution in [1.29, 1.82) is 0 Å². The standard InChI is InChI=1S/C26H22Cl2F3N5O/c1-2-21-24(28)25(35-16-34-21)36(15-18-5-9-22(27)32-13-18)12-11-17-3-7-20(8-4-17)37-23-10-6-19(14-33-23)26(29,30)31/h3-10,13-14,16H,2,11-12,15H2,1H3. The topological polar surface area (TPSA) is 64.0 Å². The van der Waals surface area contributed by atoms with E-state index in [1.807, 2.05) is 25.1 Å². The molecule has 0 spiro atoms. The van der Waals surface area contributed by atoms with Gasteiger partial charge in [-0.2, -0.15) is 13.2 Å². The summed E-state index contributed by atoms with van der Waals surface area (Å²) in [6, 6.07) is 13.0. The largest absolute Gasteiger partial charge is 0.439 e. The molecule has 3 aromatic heterocycles. The predicted octanol–water partition coefficient (Wildman–Crippen LogP) is 7.20. The Kier molecular flexibility index (Phi) is 8.45. The van der Waals surface area contributed by atoms with E-state index >= 15 is 0 Å². The zero-order valence-electron chi connectivity index (χ0n) is 19.7. The van der Waals surface area contributed by atoms with Crippen molar-refractivity contribution in [3.05, 3.63) is 99.8 Å². The van der Waals surface area contributed by atoms with Crippen molar-refractivity contribution in [2.75, 3.05) is 11.4 Å². The molecule has 6 nitrogen and oxygen atoms in total. The highest BCUT2D eigenvalue weighted by Gasteiger charge is 2.30. The average Bonchev–Trinajstić information content (AvgIpc) is 2.89. The van der Waals surface area contributed by atoms with Crippen LogP contribution in [0.4, 0.5) is 19.0 Å². The highest BCUT2D eigenvalue weighted by Crippen LogP contribution is 2.30. The fourth-order valence-electron chi connectivity index (χ4n) is 3.56. The van der Waals surface area contributed by atoms with E-state index in [0.29, 0.717) is 47.7 Å². The van der Waals surface area contributed by atoms with Crippen LogP contribution in [-0.4, -0.2) is 26.5 Å². The molecule has 0 aliphatic carbocycles. The van der Waals surface area contributed by atoms with Gasteiger partial charge >= 0.3 is 6.18 Å². The third-order valence-electron chi connectivity index (χ3n) is 5.52. The van der Waals surface area contributed by atoms with Gasteiger partial charge in [0.15, 0.2) is 5.82 Å². The Labute approximate surface area is 222 Å². The molecule has 0 aliphatic heterocycles. The van der Waals surface area contributed by atoms with Crippen LogP contribution in [0.2, 0.25) is 10.2 Å². The Bertz CT molecular complexity index is 1320. The van der Waals surface area contributed by atoms with Gasteiger partial charge in [0.25, 0.3) is 0 Å². The lowest BCUT2D eigenvalue weighted by Gasteiger charge is -2.25. The van der Waals surface area contributed by atoms with Crippen molar-refractivity contribution < 1.29 is 17.9 Å². The molecule has 0 unspecified atom stereocenters. The molecular formula is C26H22Cl2F3N5O. The van der Waals surface area contributed by atoms with Crippen LogP contribution in [0.3, 0.4) is 0 Å². The third-order valence-corrected chi connectivity index (χ3v) is 6.13. The number of rotatable bonds is 9. The Morgan fingerprint density at radius 3 is 2.24 bits per heavy atom. The number of halogens is 5. The molecule has 0 bridgehead atoms. The molecule has 0 amide bonds. The first kappa shape index (κ1) is 26.6. The minimum absolute atomic E-state index is 0.0774. The first-order chi connectivity index (χ1) is 17.7. The molecule has 4 rings (SSSR count). The number of ether oxygens (including phenoxy) is 1. The smallest absolute Gasteiger partial charge is 0.417 e. The number of benzene rings is 1. The summed E-state index contributed by atoms with van der Waals surface area (Å²) in [5, 5.41) is 0.928. The normalized spacial score (nSPS) is 11.4. The van der Waals surface area contributed by atoms with Crippen molar-refractivity contribution in [3.63, 3.8) is 0 Å². The van der Waals surface area contributed by atoms with Crippen molar-refractivity contribution in [2.24, 2.45) is 0 Å². The summed E-state index contributed by atoms with van der Waals surface area (Å²) < 4.78 is 43.7. The van der Waals surface area contributed by atoms with Gasteiger partial charge in [0.1, 0.15) is 22.3 Å². The Morgan fingerprint density at radius 1 is 0.865 bits per heavy atom. The number of hydrogen-bond acceptors (Lipinski definition) is 6. The van der Waals surface area contributed by atoms with Gasteiger partial charge in [0.2, 0.25) is 5.88 Å². The number of hydrogen-bond donors (Lipinski definition) is 0. The minimum atomic E-state index is -4.45. The zero-order valence-corrected chi connectivity index (χ0v) is 21.2. The Hall–Kier alpha value is -3.43. The van der Waals surface area contributed by atoms with Crippen molar-refractivity contribution in [1.82, 2.24) is 19.9 Å². The number of alkyl halides is 3.